The van der Waals surface area contributed by atoms with Crippen molar-refractivity contribution >= 4 is 17.2 Å². The predicted molar refractivity (Wildman–Crippen MR) is 72.3 cm³/mol. The molecule has 1 amide bonds. The molecule has 2 saturated carbocycles. The molecule has 0 bridgehead atoms. The molecular formula is C14H20N2OS. The minimum absolute atomic E-state index is 0.291. The Morgan fingerprint density at radius 3 is 2.67 bits per heavy atom. The summed E-state index contributed by atoms with van der Waals surface area (Å²) in [7, 11) is 0. The molecule has 0 saturated heterocycles. The highest BCUT2D eigenvalue weighted by Crippen LogP contribution is 2.33. The zero-order valence-electron chi connectivity index (χ0n) is 10.7. The summed E-state index contributed by atoms with van der Waals surface area (Å²) < 4.78 is 0. The fourth-order valence-corrected chi connectivity index (χ4v) is 3.45. The van der Waals surface area contributed by atoms with E-state index < -0.39 is 0 Å². The number of hydrogen-bond acceptors (Lipinski definition) is 3. The van der Waals surface area contributed by atoms with E-state index in [4.69, 9.17) is 0 Å². The highest BCUT2D eigenvalue weighted by molar-refractivity contribution is 7.09. The zero-order chi connectivity index (χ0) is 12.4. The first kappa shape index (κ1) is 12.2. The average molecular weight is 264 g/mol. The average Bonchev–Trinajstić information content (AvgIpc) is 3.13. The van der Waals surface area contributed by atoms with Crippen LogP contribution in [0.2, 0.25) is 0 Å². The fourth-order valence-electron chi connectivity index (χ4n) is 2.83. The lowest BCUT2D eigenvalue weighted by molar-refractivity contribution is -0.137. The molecule has 0 spiro atoms. The quantitative estimate of drug-likeness (QED) is 0.836. The van der Waals surface area contributed by atoms with Gasteiger partial charge in [-0.2, -0.15) is 0 Å². The molecular weight excluding hydrogens is 244 g/mol. The smallest absolute Gasteiger partial charge is 0.226 e. The van der Waals surface area contributed by atoms with Crippen LogP contribution >= 0.6 is 11.3 Å². The van der Waals surface area contributed by atoms with Gasteiger partial charge in [-0.3, -0.25) is 4.79 Å². The Bertz CT molecular complexity index is 394. The summed E-state index contributed by atoms with van der Waals surface area (Å²) in [6, 6.07) is 0.503. The number of thiazole rings is 1. The maximum absolute atomic E-state index is 12.6. The molecule has 0 radical (unpaired) electrons. The fraction of sp³-hybridized carbons (Fsp3) is 0.714. The molecule has 3 nitrogen and oxygen atoms in total. The second-order valence-corrected chi connectivity index (χ2v) is 6.44. The van der Waals surface area contributed by atoms with E-state index in [0.29, 0.717) is 17.9 Å². The van der Waals surface area contributed by atoms with E-state index in [9.17, 15) is 4.79 Å². The van der Waals surface area contributed by atoms with Crippen LogP contribution in [0.1, 0.15) is 50.0 Å². The minimum Gasteiger partial charge on any atom is -0.333 e. The lowest BCUT2D eigenvalue weighted by Gasteiger charge is -2.28. The summed E-state index contributed by atoms with van der Waals surface area (Å²) in [5.41, 5.74) is 0. The van der Waals surface area contributed by atoms with Crippen LogP contribution in [0.15, 0.2) is 11.6 Å². The molecule has 1 heterocycles. The molecule has 2 aliphatic rings. The van der Waals surface area contributed by atoms with Crippen molar-refractivity contribution in [1.82, 2.24) is 9.88 Å². The van der Waals surface area contributed by atoms with Crippen molar-refractivity contribution in [2.24, 2.45) is 5.92 Å². The Balaban J connectivity index is 1.66. The zero-order valence-corrected chi connectivity index (χ0v) is 11.5. The number of nitrogens with zero attached hydrogens (tertiary/aromatic N) is 2. The Morgan fingerprint density at radius 2 is 2.06 bits per heavy atom. The van der Waals surface area contributed by atoms with E-state index in [1.54, 1.807) is 11.3 Å². The molecule has 4 heteroatoms. The first-order valence-electron chi connectivity index (χ1n) is 7.03. The van der Waals surface area contributed by atoms with E-state index in [1.807, 2.05) is 11.6 Å². The summed E-state index contributed by atoms with van der Waals surface area (Å²) in [6.07, 6.45) is 10.2. The van der Waals surface area contributed by atoms with Crippen LogP contribution in [0, 0.1) is 5.92 Å². The van der Waals surface area contributed by atoms with Gasteiger partial charge < -0.3 is 4.90 Å². The summed E-state index contributed by atoms with van der Waals surface area (Å²) >= 11 is 1.66. The molecule has 3 rings (SSSR count). The van der Waals surface area contributed by atoms with Gasteiger partial charge in [0.25, 0.3) is 0 Å². The van der Waals surface area contributed by atoms with Gasteiger partial charge in [0.1, 0.15) is 5.01 Å². The van der Waals surface area contributed by atoms with Gasteiger partial charge in [0.2, 0.25) is 5.91 Å². The van der Waals surface area contributed by atoms with Gasteiger partial charge in [-0.05, 0) is 25.7 Å². The number of carbonyl (C=O) groups is 1. The molecule has 98 valence electrons. The van der Waals surface area contributed by atoms with Crippen LogP contribution in [0.5, 0.6) is 0 Å². The summed E-state index contributed by atoms with van der Waals surface area (Å²) in [4.78, 5) is 19.0. The van der Waals surface area contributed by atoms with Gasteiger partial charge in [-0.15, -0.1) is 11.3 Å². The Labute approximate surface area is 112 Å². The number of rotatable bonds is 4. The molecule has 1 aromatic rings. The van der Waals surface area contributed by atoms with Crippen LogP contribution in [0.4, 0.5) is 0 Å². The van der Waals surface area contributed by atoms with Gasteiger partial charge in [0.05, 0.1) is 6.54 Å². The van der Waals surface area contributed by atoms with Crippen molar-refractivity contribution in [3.8, 4) is 0 Å². The molecule has 0 N–H and O–H groups in total. The molecule has 2 aliphatic carbocycles. The monoisotopic (exact) mass is 264 g/mol. The van der Waals surface area contributed by atoms with E-state index in [0.717, 1.165) is 24.4 Å². The second-order valence-electron chi connectivity index (χ2n) is 5.46. The van der Waals surface area contributed by atoms with E-state index in [2.05, 4.69) is 9.88 Å². The standard InChI is InChI=1S/C14H20N2OS/c17-14(11-4-2-1-3-5-11)16(12-6-7-12)10-13-15-8-9-18-13/h8-9,11-12H,1-7,10H2. The summed E-state index contributed by atoms with van der Waals surface area (Å²) in [5.74, 6) is 0.687. The van der Waals surface area contributed by atoms with Crippen molar-refractivity contribution in [1.29, 1.82) is 0 Å². The van der Waals surface area contributed by atoms with Crippen molar-refractivity contribution in [3.05, 3.63) is 16.6 Å². The molecule has 1 aromatic heterocycles. The third-order valence-corrected chi connectivity index (χ3v) is 4.78. The molecule has 2 fully saturated rings. The minimum atomic E-state index is 0.291. The van der Waals surface area contributed by atoms with Crippen LogP contribution in [-0.2, 0) is 11.3 Å². The van der Waals surface area contributed by atoms with Gasteiger partial charge in [0, 0.05) is 23.5 Å². The van der Waals surface area contributed by atoms with Gasteiger partial charge in [0.15, 0.2) is 0 Å². The molecule has 0 atom stereocenters. The second kappa shape index (κ2) is 5.39. The summed E-state index contributed by atoms with van der Waals surface area (Å²) in [5, 5.41) is 3.07. The lowest BCUT2D eigenvalue weighted by atomic mass is 9.88. The highest BCUT2D eigenvalue weighted by atomic mass is 32.1. The van der Waals surface area contributed by atoms with Crippen molar-refractivity contribution in [3.63, 3.8) is 0 Å². The Kier molecular flexibility index (Phi) is 3.64. The van der Waals surface area contributed by atoms with Crippen molar-refractivity contribution in [2.45, 2.75) is 57.5 Å². The first-order valence-corrected chi connectivity index (χ1v) is 7.91. The predicted octanol–water partition coefficient (Wildman–Crippen LogP) is 3.21. The third-order valence-electron chi connectivity index (χ3n) is 4.01. The molecule has 0 aliphatic heterocycles. The third kappa shape index (κ3) is 2.74. The Hall–Kier alpha value is -0.900. The van der Waals surface area contributed by atoms with Crippen molar-refractivity contribution < 1.29 is 4.79 Å². The van der Waals surface area contributed by atoms with Crippen molar-refractivity contribution in [2.75, 3.05) is 0 Å². The Morgan fingerprint density at radius 1 is 1.28 bits per heavy atom. The number of carbonyl (C=O) groups excluding carboxylic acids is 1. The maximum Gasteiger partial charge on any atom is 0.226 e. The van der Waals surface area contributed by atoms with Gasteiger partial charge >= 0.3 is 0 Å². The van der Waals surface area contributed by atoms with Crippen LogP contribution < -0.4 is 0 Å². The first-order chi connectivity index (χ1) is 8.84. The van der Waals surface area contributed by atoms with Crippen LogP contribution in [0.3, 0.4) is 0 Å². The SMILES string of the molecule is O=C(C1CCCCC1)N(Cc1nccs1)C1CC1. The maximum atomic E-state index is 12.6. The largest absolute Gasteiger partial charge is 0.333 e. The summed E-state index contributed by atoms with van der Waals surface area (Å²) in [6.45, 7) is 0.734. The number of amides is 1. The van der Waals surface area contributed by atoms with E-state index in [-0.39, 0.29) is 0 Å². The molecule has 18 heavy (non-hydrogen) atoms. The number of hydrogen-bond donors (Lipinski definition) is 0. The van der Waals surface area contributed by atoms with Gasteiger partial charge in [-0.25, -0.2) is 4.98 Å². The van der Waals surface area contributed by atoms with Crippen LogP contribution in [-0.4, -0.2) is 21.8 Å². The lowest BCUT2D eigenvalue weighted by Crippen LogP contribution is -2.38. The number of aromatic nitrogens is 1. The molecule has 0 aromatic carbocycles. The highest BCUT2D eigenvalue weighted by Gasteiger charge is 2.36. The normalized spacial score (nSPS) is 20.9. The topological polar surface area (TPSA) is 33.2 Å². The van der Waals surface area contributed by atoms with E-state index >= 15 is 0 Å². The van der Waals surface area contributed by atoms with E-state index in [1.165, 1.54) is 32.1 Å². The van der Waals surface area contributed by atoms with Gasteiger partial charge in [-0.1, -0.05) is 19.3 Å². The van der Waals surface area contributed by atoms with Crippen LogP contribution in [0.25, 0.3) is 0 Å². The molecule has 0 unspecified atom stereocenters.